The lowest BCUT2D eigenvalue weighted by atomic mass is 10.2. The largest absolute Gasteiger partial charge is 0.273 e. The van der Waals surface area contributed by atoms with Crippen LogP contribution in [0.2, 0.25) is 0 Å². The molecule has 0 saturated heterocycles. The van der Waals surface area contributed by atoms with Crippen LogP contribution in [0, 0.1) is 10.1 Å². The lowest BCUT2D eigenvalue weighted by Crippen LogP contribution is -2.19. The number of nitrogens with one attached hydrogen (secondary N) is 1. The van der Waals surface area contributed by atoms with Gasteiger partial charge < -0.3 is 0 Å². The average molecular weight is 289 g/mol. The number of thiophene rings is 1. The Morgan fingerprint density at radius 3 is 2.70 bits per heavy atom. The molecule has 7 heteroatoms. The molecule has 6 nitrogen and oxygen atoms in total. The smallest absolute Gasteiger partial charge is 0.269 e. The van der Waals surface area contributed by atoms with Crippen LogP contribution in [0.5, 0.6) is 0 Å². The van der Waals surface area contributed by atoms with Crippen LogP contribution in [0.1, 0.15) is 10.4 Å². The van der Waals surface area contributed by atoms with Crippen LogP contribution in [0.25, 0.3) is 0 Å². The van der Waals surface area contributed by atoms with Gasteiger partial charge in [0.1, 0.15) is 0 Å². The molecule has 0 aliphatic carbocycles. The summed E-state index contributed by atoms with van der Waals surface area (Å²) in [4.78, 5) is 22.5. The third-order valence-electron chi connectivity index (χ3n) is 2.42. The SMILES string of the molecule is O=C(Cc1cccs1)N/N=C/c1ccc([N+](=O)[O-])cc1. The molecule has 2 rings (SSSR count). The van der Waals surface area contributed by atoms with E-state index in [2.05, 4.69) is 10.5 Å². The molecule has 1 heterocycles. The number of hydrogen-bond donors (Lipinski definition) is 1. The first kappa shape index (κ1) is 13.9. The molecule has 20 heavy (non-hydrogen) atoms. The van der Waals surface area contributed by atoms with E-state index in [-0.39, 0.29) is 18.0 Å². The molecule has 1 aromatic carbocycles. The molecule has 0 unspecified atom stereocenters. The van der Waals surface area contributed by atoms with Gasteiger partial charge in [0, 0.05) is 17.0 Å². The summed E-state index contributed by atoms with van der Waals surface area (Å²) < 4.78 is 0. The number of hydrogen-bond acceptors (Lipinski definition) is 5. The summed E-state index contributed by atoms with van der Waals surface area (Å²) in [5.74, 6) is -0.203. The van der Waals surface area contributed by atoms with Gasteiger partial charge in [-0.05, 0) is 29.1 Å². The molecule has 0 aliphatic heterocycles. The minimum atomic E-state index is -0.469. The Balaban J connectivity index is 1.86. The van der Waals surface area contributed by atoms with E-state index in [1.807, 2.05) is 17.5 Å². The topological polar surface area (TPSA) is 84.6 Å². The second kappa shape index (κ2) is 6.58. The number of carbonyl (C=O) groups excluding carboxylic acids is 1. The Labute approximate surface area is 118 Å². The molecule has 2 aromatic rings. The van der Waals surface area contributed by atoms with Crippen molar-refractivity contribution < 1.29 is 9.72 Å². The Morgan fingerprint density at radius 2 is 2.10 bits per heavy atom. The first-order valence-corrected chi connectivity index (χ1v) is 6.62. The van der Waals surface area contributed by atoms with Crippen LogP contribution in [-0.4, -0.2) is 17.0 Å². The van der Waals surface area contributed by atoms with E-state index < -0.39 is 4.92 Å². The Morgan fingerprint density at radius 1 is 1.35 bits per heavy atom. The summed E-state index contributed by atoms with van der Waals surface area (Å²) in [6.45, 7) is 0. The van der Waals surface area contributed by atoms with Gasteiger partial charge in [-0.2, -0.15) is 5.10 Å². The number of benzene rings is 1. The molecule has 102 valence electrons. The summed E-state index contributed by atoms with van der Waals surface area (Å²) in [5.41, 5.74) is 3.10. The van der Waals surface area contributed by atoms with Crippen molar-refractivity contribution in [2.45, 2.75) is 6.42 Å². The fraction of sp³-hybridized carbons (Fsp3) is 0.0769. The normalized spacial score (nSPS) is 10.6. The van der Waals surface area contributed by atoms with Gasteiger partial charge in [-0.15, -0.1) is 11.3 Å². The maximum atomic E-state index is 11.5. The van der Waals surface area contributed by atoms with Crippen LogP contribution in [-0.2, 0) is 11.2 Å². The molecule has 1 amide bonds. The molecule has 0 atom stereocenters. The molecule has 0 radical (unpaired) electrons. The molecule has 0 bridgehead atoms. The molecular formula is C13H11N3O3S. The average Bonchev–Trinajstić information content (AvgIpc) is 2.92. The predicted molar refractivity (Wildman–Crippen MR) is 76.9 cm³/mol. The zero-order valence-electron chi connectivity index (χ0n) is 10.4. The van der Waals surface area contributed by atoms with Gasteiger partial charge in [0.2, 0.25) is 5.91 Å². The molecule has 0 aliphatic rings. The first-order chi connectivity index (χ1) is 9.65. The second-order valence-electron chi connectivity index (χ2n) is 3.90. The number of rotatable bonds is 5. The highest BCUT2D eigenvalue weighted by Crippen LogP contribution is 2.10. The standard InChI is InChI=1S/C13H11N3O3S/c17-13(8-12-2-1-7-20-12)15-14-9-10-3-5-11(6-4-10)16(18)19/h1-7,9H,8H2,(H,15,17)/b14-9+. The zero-order valence-corrected chi connectivity index (χ0v) is 11.2. The summed E-state index contributed by atoms with van der Waals surface area (Å²) >= 11 is 1.51. The highest BCUT2D eigenvalue weighted by Gasteiger charge is 2.03. The van der Waals surface area contributed by atoms with Crippen molar-refractivity contribution in [1.29, 1.82) is 0 Å². The van der Waals surface area contributed by atoms with Crippen molar-refractivity contribution in [2.75, 3.05) is 0 Å². The highest BCUT2D eigenvalue weighted by molar-refractivity contribution is 7.10. The zero-order chi connectivity index (χ0) is 14.4. The van der Waals surface area contributed by atoms with Gasteiger partial charge in [0.05, 0.1) is 17.6 Å². The molecule has 1 aromatic heterocycles. The predicted octanol–water partition coefficient (Wildman–Crippen LogP) is 2.35. The van der Waals surface area contributed by atoms with E-state index in [1.54, 1.807) is 12.1 Å². The monoisotopic (exact) mass is 289 g/mol. The first-order valence-electron chi connectivity index (χ1n) is 5.74. The minimum Gasteiger partial charge on any atom is -0.273 e. The van der Waals surface area contributed by atoms with Crippen LogP contribution in [0.4, 0.5) is 5.69 Å². The van der Waals surface area contributed by atoms with E-state index >= 15 is 0 Å². The molecule has 0 fully saturated rings. The van der Waals surface area contributed by atoms with Gasteiger partial charge in [0.25, 0.3) is 5.69 Å². The number of non-ortho nitro benzene ring substituents is 1. The maximum absolute atomic E-state index is 11.5. The van der Waals surface area contributed by atoms with Gasteiger partial charge in [-0.25, -0.2) is 5.43 Å². The van der Waals surface area contributed by atoms with Crippen molar-refractivity contribution in [3.8, 4) is 0 Å². The fourth-order valence-corrected chi connectivity index (χ4v) is 2.18. The van der Waals surface area contributed by atoms with Gasteiger partial charge in [-0.3, -0.25) is 14.9 Å². The van der Waals surface area contributed by atoms with Gasteiger partial charge in [-0.1, -0.05) is 6.07 Å². The number of amides is 1. The molecule has 0 spiro atoms. The van der Waals surface area contributed by atoms with Gasteiger partial charge in [0.15, 0.2) is 0 Å². The van der Waals surface area contributed by atoms with Crippen molar-refractivity contribution in [3.63, 3.8) is 0 Å². The summed E-state index contributed by atoms with van der Waals surface area (Å²) in [6.07, 6.45) is 1.73. The molecule has 1 N–H and O–H groups in total. The van der Waals surface area contributed by atoms with Crippen molar-refractivity contribution in [3.05, 3.63) is 62.3 Å². The number of nitro groups is 1. The number of nitro benzene ring substituents is 1. The highest BCUT2D eigenvalue weighted by atomic mass is 32.1. The van der Waals surface area contributed by atoms with E-state index in [1.165, 1.54) is 29.7 Å². The number of carbonyl (C=O) groups is 1. The third kappa shape index (κ3) is 3.99. The Hall–Kier alpha value is -2.54. The molecular weight excluding hydrogens is 278 g/mol. The van der Waals surface area contributed by atoms with Crippen molar-refractivity contribution in [1.82, 2.24) is 5.43 Å². The van der Waals surface area contributed by atoms with Crippen molar-refractivity contribution >= 4 is 29.1 Å². The third-order valence-corrected chi connectivity index (χ3v) is 3.30. The quantitative estimate of drug-likeness (QED) is 0.521. The lowest BCUT2D eigenvalue weighted by Gasteiger charge is -1.97. The number of hydrazone groups is 1. The Kier molecular flexibility index (Phi) is 4.56. The van der Waals surface area contributed by atoms with E-state index in [9.17, 15) is 14.9 Å². The van der Waals surface area contributed by atoms with Crippen LogP contribution < -0.4 is 5.43 Å². The van der Waals surface area contributed by atoms with E-state index in [4.69, 9.17) is 0 Å². The molecule has 0 saturated carbocycles. The maximum Gasteiger partial charge on any atom is 0.269 e. The summed E-state index contributed by atoms with van der Waals surface area (Å²) in [5, 5.41) is 16.2. The fourth-order valence-electron chi connectivity index (χ4n) is 1.47. The Bertz CT molecular complexity index is 621. The van der Waals surface area contributed by atoms with Crippen molar-refractivity contribution in [2.24, 2.45) is 5.10 Å². The van der Waals surface area contributed by atoms with Crippen LogP contribution in [0.15, 0.2) is 46.9 Å². The second-order valence-corrected chi connectivity index (χ2v) is 4.93. The van der Waals surface area contributed by atoms with E-state index in [0.29, 0.717) is 5.56 Å². The van der Waals surface area contributed by atoms with Crippen LogP contribution >= 0.6 is 11.3 Å². The summed E-state index contributed by atoms with van der Waals surface area (Å²) in [6, 6.07) is 9.65. The number of nitrogens with zero attached hydrogens (tertiary/aromatic N) is 2. The minimum absolute atomic E-state index is 0.0175. The van der Waals surface area contributed by atoms with Crippen LogP contribution in [0.3, 0.4) is 0 Å². The lowest BCUT2D eigenvalue weighted by molar-refractivity contribution is -0.384. The van der Waals surface area contributed by atoms with Gasteiger partial charge >= 0.3 is 0 Å². The van der Waals surface area contributed by atoms with E-state index in [0.717, 1.165) is 4.88 Å². The summed E-state index contributed by atoms with van der Waals surface area (Å²) in [7, 11) is 0.